The highest BCUT2D eigenvalue weighted by atomic mass is 32.2. The number of benzene rings is 1. The third-order valence-corrected chi connectivity index (χ3v) is 6.40. The predicted molar refractivity (Wildman–Crippen MR) is 95.1 cm³/mol. The maximum atomic E-state index is 4.78. The third kappa shape index (κ3) is 2.23. The second-order valence-corrected chi connectivity index (χ2v) is 8.00. The summed E-state index contributed by atoms with van der Waals surface area (Å²) >= 11 is 3.17. The van der Waals surface area contributed by atoms with Crippen molar-refractivity contribution in [2.24, 2.45) is 0 Å². The van der Waals surface area contributed by atoms with Gasteiger partial charge in [-0.3, -0.25) is 4.98 Å². The number of pyridine rings is 1. The van der Waals surface area contributed by atoms with Crippen molar-refractivity contribution in [2.75, 3.05) is 5.75 Å². The lowest BCUT2D eigenvalue weighted by molar-refractivity contribution is 0.670. The van der Waals surface area contributed by atoms with Gasteiger partial charge in [0.1, 0.15) is 0 Å². The van der Waals surface area contributed by atoms with Gasteiger partial charge >= 0.3 is 0 Å². The number of hydrogen-bond acceptors (Lipinski definition) is 3. The topological polar surface area (TPSA) is 30.7 Å². The van der Waals surface area contributed by atoms with Crippen LogP contribution in [-0.4, -0.2) is 20.3 Å². The van der Waals surface area contributed by atoms with Crippen molar-refractivity contribution in [1.29, 1.82) is 0 Å². The SMILES string of the molecule is CCSc1ccnc(C2Cn3c(nc4ccccc43)[SH]2)c1C. The molecule has 0 saturated carbocycles. The molecule has 5 heteroatoms. The first-order valence-electron chi connectivity index (χ1n) is 7.52. The molecule has 0 aliphatic carbocycles. The Morgan fingerprint density at radius 2 is 2.18 bits per heavy atom. The van der Waals surface area contributed by atoms with Gasteiger partial charge in [0.2, 0.25) is 0 Å². The van der Waals surface area contributed by atoms with Crippen LogP contribution in [-0.2, 0) is 6.54 Å². The predicted octanol–water partition coefficient (Wildman–Crippen LogP) is 4.43. The molecular weight excluding hydrogens is 310 g/mol. The Hall–Kier alpha value is -1.46. The Morgan fingerprint density at radius 3 is 3.05 bits per heavy atom. The molecule has 1 aromatic carbocycles. The minimum Gasteiger partial charge on any atom is -0.318 e. The van der Waals surface area contributed by atoms with Crippen LogP contribution in [0.5, 0.6) is 0 Å². The van der Waals surface area contributed by atoms with Crippen molar-refractivity contribution in [1.82, 2.24) is 14.5 Å². The Labute approximate surface area is 138 Å². The van der Waals surface area contributed by atoms with Gasteiger partial charge in [0, 0.05) is 17.6 Å². The van der Waals surface area contributed by atoms with Gasteiger partial charge in [0.15, 0.2) is 5.16 Å². The van der Waals surface area contributed by atoms with Gasteiger partial charge in [0.05, 0.1) is 22.0 Å². The second kappa shape index (κ2) is 5.63. The number of hydrogen-bond donors (Lipinski definition) is 1. The molecule has 3 aromatic rings. The summed E-state index contributed by atoms with van der Waals surface area (Å²) in [5.41, 5.74) is 4.91. The summed E-state index contributed by atoms with van der Waals surface area (Å²) in [7, 11) is 0. The van der Waals surface area contributed by atoms with Crippen molar-refractivity contribution in [3.63, 3.8) is 0 Å². The molecule has 3 heterocycles. The van der Waals surface area contributed by atoms with Crippen LogP contribution < -0.4 is 0 Å². The molecule has 0 fully saturated rings. The van der Waals surface area contributed by atoms with Crippen LogP contribution in [0, 0.1) is 6.92 Å². The van der Waals surface area contributed by atoms with Crippen LogP contribution >= 0.6 is 23.5 Å². The Kier molecular flexibility index (Phi) is 3.62. The molecular formula is C17H18N3S2. The molecule has 1 aliphatic heterocycles. The highest BCUT2D eigenvalue weighted by Gasteiger charge is 2.28. The quantitative estimate of drug-likeness (QED) is 0.570. The maximum Gasteiger partial charge on any atom is 0.157 e. The summed E-state index contributed by atoms with van der Waals surface area (Å²) in [6, 6.07) is 10.5. The molecule has 3 nitrogen and oxygen atoms in total. The second-order valence-electron chi connectivity index (χ2n) is 5.41. The highest BCUT2D eigenvalue weighted by molar-refractivity contribution is 7.99. The van der Waals surface area contributed by atoms with Crippen molar-refractivity contribution in [3.8, 4) is 0 Å². The molecule has 22 heavy (non-hydrogen) atoms. The van der Waals surface area contributed by atoms with Crippen LogP contribution in [0.2, 0.25) is 0 Å². The minimum atomic E-state index is 0.421. The number of aromatic nitrogens is 3. The fourth-order valence-electron chi connectivity index (χ4n) is 3.02. The average molecular weight is 328 g/mol. The summed E-state index contributed by atoms with van der Waals surface area (Å²) in [6.45, 7) is 5.38. The summed E-state index contributed by atoms with van der Waals surface area (Å²) in [4.78, 5) is 10.8. The van der Waals surface area contributed by atoms with Crippen molar-refractivity contribution in [2.45, 2.75) is 35.7 Å². The van der Waals surface area contributed by atoms with E-state index in [0.29, 0.717) is 5.25 Å². The van der Waals surface area contributed by atoms with E-state index >= 15 is 0 Å². The number of imidazole rings is 1. The first kappa shape index (κ1) is 14.2. The lowest BCUT2D eigenvalue weighted by atomic mass is 10.1. The van der Waals surface area contributed by atoms with Gasteiger partial charge in [0.25, 0.3) is 0 Å². The van der Waals surface area contributed by atoms with Crippen molar-refractivity contribution < 1.29 is 0 Å². The fourth-order valence-corrected chi connectivity index (χ4v) is 5.21. The van der Waals surface area contributed by atoms with E-state index < -0.39 is 0 Å². The molecule has 1 radical (unpaired) electrons. The van der Waals surface area contributed by atoms with Gasteiger partial charge in [-0.15, -0.1) is 23.5 Å². The van der Waals surface area contributed by atoms with E-state index in [-0.39, 0.29) is 0 Å². The zero-order chi connectivity index (χ0) is 15.1. The molecule has 4 rings (SSSR count). The number of para-hydroxylation sites is 2. The van der Waals surface area contributed by atoms with Crippen LogP contribution in [0.3, 0.4) is 0 Å². The first-order chi connectivity index (χ1) is 10.8. The molecule has 0 N–H and O–H groups in total. The standard InChI is InChI=1S/C17H18N3S2/c1-3-21-14-8-9-18-16(11(14)2)15-10-20-13-7-5-4-6-12(13)19-17(20)22-15/h4-9,15,22H,3,10H2,1-2H3. The van der Waals surface area contributed by atoms with E-state index in [9.17, 15) is 0 Å². The molecule has 1 atom stereocenters. The van der Waals surface area contributed by atoms with Crippen molar-refractivity contribution >= 4 is 34.6 Å². The fraction of sp³-hybridized carbons (Fsp3) is 0.294. The van der Waals surface area contributed by atoms with E-state index in [1.165, 1.54) is 38.6 Å². The minimum absolute atomic E-state index is 0.421. The number of thioether (sulfide) groups is 1. The van der Waals surface area contributed by atoms with Crippen LogP contribution in [0.4, 0.5) is 0 Å². The van der Waals surface area contributed by atoms with Gasteiger partial charge in [-0.2, -0.15) is 0 Å². The lowest BCUT2D eigenvalue weighted by Crippen LogP contribution is -2.04. The van der Waals surface area contributed by atoms with Gasteiger partial charge < -0.3 is 4.57 Å². The zero-order valence-corrected chi connectivity index (χ0v) is 14.4. The van der Waals surface area contributed by atoms with E-state index in [1.807, 2.05) is 18.0 Å². The molecule has 1 aliphatic rings. The van der Waals surface area contributed by atoms with E-state index in [2.05, 4.69) is 53.7 Å². The van der Waals surface area contributed by atoms with Gasteiger partial charge in [-0.05, 0) is 36.4 Å². The number of nitrogens with zero attached hydrogens (tertiary/aromatic N) is 3. The van der Waals surface area contributed by atoms with E-state index in [0.717, 1.165) is 17.8 Å². The Bertz CT molecular complexity index is 841. The number of fused-ring (bicyclic) bond motifs is 3. The average Bonchev–Trinajstić information content (AvgIpc) is 3.07. The summed E-state index contributed by atoms with van der Waals surface area (Å²) in [6.07, 6.45) is 1.95. The Morgan fingerprint density at radius 1 is 1.32 bits per heavy atom. The molecule has 113 valence electrons. The molecule has 1 unspecified atom stereocenters. The summed E-state index contributed by atoms with van der Waals surface area (Å²) in [5, 5.41) is 1.59. The number of thiol groups is 1. The van der Waals surface area contributed by atoms with Crippen molar-refractivity contribution in [3.05, 3.63) is 47.8 Å². The smallest absolute Gasteiger partial charge is 0.157 e. The zero-order valence-electron chi connectivity index (χ0n) is 12.7. The molecule has 0 saturated heterocycles. The molecule has 2 aromatic heterocycles. The number of rotatable bonds is 3. The van der Waals surface area contributed by atoms with E-state index in [4.69, 9.17) is 4.98 Å². The van der Waals surface area contributed by atoms with Crippen LogP contribution in [0.25, 0.3) is 11.0 Å². The normalized spacial score (nSPS) is 17.1. The maximum absolute atomic E-state index is 4.78. The van der Waals surface area contributed by atoms with E-state index in [1.54, 1.807) is 0 Å². The van der Waals surface area contributed by atoms with Gasteiger partial charge in [-0.1, -0.05) is 19.1 Å². The monoisotopic (exact) mass is 328 g/mol. The largest absolute Gasteiger partial charge is 0.318 e. The summed E-state index contributed by atoms with van der Waals surface area (Å²) in [5.74, 6) is 1.10. The third-order valence-electron chi connectivity index (χ3n) is 4.07. The first-order valence-corrected chi connectivity index (χ1v) is 9.47. The molecule has 0 bridgehead atoms. The highest BCUT2D eigenvalue weighted by Crippen LogP contribution is 2.45. The van der Waals surface area contributed by atoms with Gasteiger partial charge in [-0.25, -0.2) is 4.98 Å². The summed E-state index contributed by atoms with van der Waals surface area (Å²) < 4.78 is 2.35. The Balaban J connectivity index is 1.70. The van der Waals surface area contributed by atoms with Crippen LogP contribution in [0.1, 0.15) is 23.4 Å². The molecule has 0 spiro atoms. The van der Waals surface area contributed by atoms with Crippen LogP contribution in [0.15, 0.2) is 46.6 Å². The molecule has 0 amide bonds. The lowest BCUT2D eigenvalue weighted by Gasteiger charge is -2.14.